The number of nitrogens with zero attached hydrogens (tertiary/aromatic N) is 7. The Bertz CT molecular complexity index is 1190. The highest BCUT2D eigenvalue weighted by molar-refractivity contribution is 5.95. The van der Waals surface area contributed by atoms with Crippen molar-refractivity contribution in [1.82, 2.24) is 40.2 Å². The zero-order valence-corrected chi connectivity index (χ0v) is 17.3. The van der Waals surface area contributed by atoms with Crippen LogP contribution >= 0.6 is 0 Å². The lowest BCUT2D eigenvalue weighted by Gasteiger charge is -2.12. The van der Waals surface area contributed by atoms with E-state index in [2.05, 4.69) is 40.9 Å². The molecule has 2 N–H and O–H groups in total. The minimum atomic E-state index is -0.375. The van der Waals surface area contributed by atoms with Gasteiger partial charge in [0, 0.05) is 31.4 Å². The smallest absolute Gasteiger partial charge is 0.251 e. The Labute approximate surface area is 178 Å². The third kappa shape index (κ3) is 4.55. The van der Waals surface area contributed by atoms with Gasteiger partial charge >= 0.3 is 0 Å². The first-order valence-electron chi connectivity index (χ1n) is 9.61. The maximum absolute atomic E-state index is 12.6. The first kappa shape index (κ1) is 20.1. The summed E-state index contributed by atoms with van der Waals surface area (Å²) >= 11 is 0. The Morgan fingerprint density at radius 2 is 2.13 bits per heavy atom. The van der Waals surface area contributed by atoms with E-state index < -0.39 is 0 Å². The van der Waals surface area contributed by atoms with Crippen molar-refractivity contribution in [2.75, 3.05) is 5.32 Å². The predicted molar refractivity (Wildman–Crippen MR) is 111 cm³/mol. The summed E-state index contributed by atoms with van der Waals surface area (Å²) in [5, 5.41) is 18.4. The van der Waals surface area contributed by atoms with Crippen LogP contribution in [0.1, 0.15) is 40.9 Å². The van der Waals surface area contributed by atoms with E-state index in [0.717, 1.165) is 11.5 Å². The second-order valence-corrected chi connectivity index (χ2v) is 6.89. The van der Waals surface area contributed by atoms with Gasteiger partial charge in [-0.15, -0.1) is 10.2 Å². The Balaban J connectivity index is 1.41. The average molecular weight is 419 g/mol. The minimum Gasteiger partial charge on any atom is -0.378 e. The monoisotopic (exact) mass is 419 g/mol. The van der Waals surface area contributed by atoms with Gasteiger partial charge in [0.15, 0.2) is 17.5 Å². The molecule has 158 valence electrons. The number of anilines is 1. The Morgan fingerprint density at radius 3 is 2.87 bits per heavy atom. The number of benzene rings is 1. The van der Waals surface area contributed by atoms with Crippen molar-refractivity contribution >= 4 is 11.6 Å². The summed E-state index contributed by atoms with van der Waals surface area (Å²) in [6, 6.07) is 8.60. The Morgan fingerprint density at radius 1 is 1.26 bits per heavy atom. The third-order valence-electron chi connectivity index (χ3n) is 4.63. The van der Waals surface area contributed by atoms with Crippen LogP contribution < -0.4 is 10.6 Å². The van der Waals surface area contributed by atoms with Crippen molar-refractivity contribution in [1.29, 1.82) is 0 Å². The molecular formula is C20H21N9O2. The van der Waals surface area contributed by atoms with Crippen molar-refractivity contribution < 1.29 is 9.32 Å². The molecule has 0 bridgehead atoms. The van der Waals surface area contributed by atoms with Crippen LogP contribution in [0.5, 0.6) is 0 Å². The number of aromatic nitrogens is 7. The largest absolute Gasteiger partial charge is 0.378 e. The van der Waals surface area contributed by atoms with Crippen LogP contribution in [0, 0.1) is 6.92 Å². The summed E-state index contributed by atoms with van der Waals surface area (Å²) in [5.74, 6) is 2.03. The maximum atomic E-state index is 12.6. The summed E-state index contributed by atoms with van der Waals surface area (Å²) in [5.41, 5.74) is 1.99. The minimum absolute atomic E-state index is 0.233. The molecule has 11 heteroatoms. The van der Waals surface area contributed by atoms with Crippen LogP contribution in [0.25, 0.3) is 11.5 Å². The molecule has 4 aromatic rings. The fourth-order valence-electron chi connectivity index (χ4n) is 2.95. The molecule has 0 saturated carbocycles. The highest BCUT2D eigenvalue weighted by atomic mass is 16.5. The standard InChI is InChI=1S/C20H21N9O2/c1-12(18-25-13(2)31-28-18)24-20(30)14-5-4-6-15(9-14)22-10-17-26-27-19(29(17)3)16-7-8-21-11-23-16/h4-9,11-12,22H,10H2,1-3H3,(H,24,30). The van der Waals surface area contributed by atoms with Crippen molar-refractivity contribution in [2.24, 2.45) is 7.05 Å². The predicted octanol–water partition coefficient (Wildman–Crippen LogP) is 2.07. The van der Waals surface area contributed by atoms with Gasteiger partial charge in [0.2, 0.25) is 5.89 Å². The summed E-state index contributed by atoms with van der Waals surface area (Å²) in [6.45, 7) is 3.93. The normalized spacial score (nSPS) is 11.8. The number of aryl methyl sites for hydroxylation is 1. The average Bonchev–Trinajstić information content (AvgIpc) is 3.38. The van der Waals surface area contributed by atoms with Gasteiger partial charge in [-0.05, 0) is 31.2 Å². The van der Waals surface area contributed by atoms with Crippen molar-refractivity contribution in [3.8, 4) is 11.5 Å². The highest BCUT2D eigenvalue weighted by Crippen LogP contribution is 2.16. The molecule has 4 rings (SSSR count). The lowest BCUT2D eigenvalue weighted by atomic mass is 10.1. The third-order valence-corrected chi connectivity index (χ3v) is 4.63. The lowest BCUT2D eigenvalue weighted by Crippen LogP contribution is -2.27. The van der Waals surface area contributed by atoms with E-state index in [1.54, 1.807) is 38.2 Å². The molecule has 0 radical (unpaired) electrons. The van der Waals surface area contributed by atoms with E-state index in [1.165, 1.54) is 6.33 Å². The molecule has 0 spiro atoms. The van der Waals surface area contributed by atoms with Crippen LogP contribution in [-0.2, 0) is 13.6 Å². The first-order valence-corrected chi connectivity index (χ1v) is 9.61. The number of carbonyl (C=O) groups excluding carboxylic acids is 1. The van der Waals surface area contributed by atoms with E-state index in [1.807, 2.05) is 23.7 Å². The highest BCUT2D eigenvalue weighted by Gasteiger charge is 2.16. The van der Waals surface area contributed by atoms with E-state index in [9.17, 15) is 4.79 Å². The Hall–Kier alpha value is -4.15. The fraction of sp³-hybridized carbons (Fsp3) is 0.250. The van der Waals surface area contributed by atoms with Gasteiger partial charge in [0.05, 0.1) is 12.6 Å². The summed E-state index contributed by atoms with van der Waals surface area (Å²) < 4.78 is 6.82. The van der Waals surface area contributed by atoms with E-state index in [0.29, 0.717) is 35.3 Å². The van der Waals surface area contributed by atoms with E-state index >= 15 is 0 Å². The molecule has 0 aliphatic carbocycles. The zero-order valence-electron chi connectivity index (χ0n) is 17.3. The van der Waals surface area contributed by atoms with Crippen LogP contribution in [-0.4, -0.2) is 40.8 Å². The van der Waals surface area contributed by atoms with Gasteiger partial charge in [0.25, 0.3) is 5.91 Å². The molecular weight excluding hydrogens is 398 g/mol. The van der Waals surface area contributed by atoms with Crippen molar-refractivity contribution in [2.45, 2.75) is 26.4 Å². The molecule has 3 aromatic heterocycles. The molecule has 3 heterocycles. The fourth-order valence-corrected chi connectivity index (χ4v) is 2.95. The number of hydrogen-bond acceptors (Lipinski definition) is 9. The molecule has 1 unspecified atom stereocenters. The molecule has 31 heavy (non-hydrogen) atoms. The molecule has 0 saturated heterocycles. The van der Waals surface area contributed by atoms with Crippen LogP contribution in [0.15, 0.2) is 47.4 Å². The maximum Gasteiger partial charge on any atom is 0.251 e. The Kier molecular flexibility index (Phi) is 5.65. The van der Waals surface area contributed by atoms with E-state index in [4.69, 9.17) is 4.52 Å². The topological polar surface area (TPSA) is 137 Å². The number of nitrogens with one attached hydrogen (secondary N) is 2. The van der Waals surface area contributed by atoms with Gasteiger partial charge < -0.3 is 19.7 Å². The van der Waals surface area contributed by atoms with Crippen molar-refractivity contribution in [3.05, 3.63) is 66.0 Å². The SMILES string of the molecule is Cc1nc(C(C)NC(=O)c2cccc(NCc3nnc(-c4ccncn4)n3C)c2)no1. The van der Waals surface area contributed by atoms with Gasteiger partial charge in [-0.3, -0.25) is 4.79 Å². The molecule has 1 aromatic carbocycles. The van der Waals surface area contributed by atoms with Gasteiger partial charge in [-0.1, -0.05) is 11.2 Å². The second-order valence-electron chi connectivity index (χ2n) is 6.89. The van der Waals surface area contributed by atoms with Crippen LogP contribution in [0.2, 0.25) is 0 Å². The lowest BCUT2D eigenvalue weighted by molar-refractivity contribution is 0.0938. The number of carbonyl (C=O) groups is 1. The van der Waals surface area contributed by atoms with Crippen LogP contribution in [0.3, 0.4) is 0 Å². The summed E-state index contributed by atoms with van der Waals surface area (Å²) in [6.07, 6.45) is 3.13. The zero-order chi connectivity index (χ0) is 21.8. The van der Waals surface area contributed by atoms with Crippen LogP contribution in [0.4, 0.5) is 5.69 Å². The van der Waals surface area contributed by atoms with Crippen molar-refractivity contribution in [3.63, 3.8) is 0 Å². The summed E-state index contributed by atoms with van der Waals surface area (Å²) in [7, 11) is 1.87. The van der Waals surface area contributed by atoms with Gasteiger partial charge in [0.1, 0.15) is 12.0 Å². The molecule has 0 aliphatic rings. The summed E-state index contributed by atoms with van der Waals surface area (Å²) in [4.78, 5) is 24.9. The number of amides is 1. The molecule has 11 nitrogen and oxygen atoms in total. The van der Waals surface area contributed by atoms with Gasteiger partial charge in [-0.2, -0.15) is 4.98 Å². The number of hydrogen-bond donors (Lipinski definition) is 2. The number of rotatable bonds is 7. The van der Waals surface area contributed by atoms with Gasteiger partial charge in [-0.25, -0.2) is 9.97 Å². The van der Waals surface area contributed by atoms with E-state index in [-0.39, 0.29) is 11.9 Å². The quantitative estimate of drug-likeness (QED) is 0.461. The first-order chi connectivity index (χ1) is 15.0. The second kappa shape index (κ2) is 8.69. The molecule has 0 fully saturated rings. The molecule has 1 amide bonds. The molecule has 1 atom stereocenters. The molecule has 0 aliphatic heterocycles.